The maximum Gasteiger partial charge on any atom is 0.270 e. The summed E-state index contributed by atoms with van der Waals surface area (Å²) in [6, 6.07) is 2.37. The average Bonchev–Trinajstić information content (AvgIpc) is 2.33. The molecule has 0 saturated carbocycles. The van der Waals surface area contributed by atoms with Gasteiger partial charge in [0.15, 0.2) is 0 Å². The summed E-state index contributed by atoms with van der Waals surface area (Å²) in [7, 11) is -4.06. The molecule has 1 N–H and O–H groups in total. The SMILES string of the molecule is O=C(Cl)c1cc(OCCCS(=O)(=O)O)cc(C(=O)Cl)n1. The van der Waals surface area contributed by atoms with Gasteiger partial charge in [0.25, 0.3) is 20.6 Å². The van der Waals surface area contributed by atoms with E-state index in [0.717, 1.165) is 0 Å². The number of hydrogen-bond acceptors (Lipinski definition) is 6. The van der Waals surface area contributed by atoms with E-state index in [-0.39, 0.29) is 30.2 Å². The number of halogens is 2. The molecule has 1 aromatic rings. The summed E-state index contributed by atoms with van der Waals surface area (Å²) in [5.41, 5.74) is -0.439. The summed E-state index contributed by atoms with van der Waals surface area (Å²) < 4.78 is 34.7. The first kappa shape index (κ1) is 16.8. The van der Waals surface area contributed by atoms with Gasteiger partial charge in [-0.25, -0.2) is 4.98 Å². The lowest BCUT2D eigenvalue weighted by Crippen LogP contribution is -2.09. The van der Waals surface area contributed by atoms with Gasteiger partial charge in [-0.15, -0.1) is 0 Å². The number of ether oxygens (including phenoxy) is 1. The van der Waals surface area contributed by atoms with E-state index in [4.69, 9.17) is 32.5 Å². The molecule has 0 radical (unpaired) electrons. The second-order valence-electron chi connectivity index (χ2n) is 3.61. The highest BCUT2D eigenvalue weighted by molar-refractivity contribution is 7.85. The van der Waals surface area contributed by atoms with Crippen LogP contribution in [0.15, 0.2) is 12.1 Å². The summed E-state index contributed by atoms with van der Waals surface area (Å²) in [4.78, 5) is 25.7. The van der Waals surface area contributed by atoms with Crippen molar-refractivity contribution in [3.63, 3.8) is 0 Å². The first-order valence-corrected chi connectivity index (χ1v) is 7.55. The Labute approximate surface area is 124 Å². The third-order valence-corrected chi connectivity index (χ3v) is 3.21. The Morgan fingerprint density at radius 2 is 1.70 bits per heavy atom. The molecule has 0 aliphatic carbocycles. The van der Waals surface area contributed by atoms with Gasteiger partial charge in [-0.3, -0.25) is 14.1 Å². The molecule has 110 valence electrons. The standard InChI is InChI=1S/C10H9Cl2NO6S/c11-9(14)7-4-6(5-8(13-7)10(12)15)19-2-1-3-20(16,17)18/h4-5H,1-3H2,(H,16,17,18). The fourth-order valence-electron chi connectivity index (χ4n) is 1.22. The van der Waals surface area contributed by atoms with Crippen molar-refractivity contribution in [3.8, 4) is 5.75 Å². The lowest BCUT2D eigenvalue weighted by Gasteiger charge is -2.07. The molecule has 1 aromatic heterocycles. The summed E-state index contributed by atoms with van der Waals surface area (Å²) >= 11 is 10.5. The number of carbonyl (C=O) groups is 2. The molecule has 0 bridgehead atoms. The summed E-state index contributed by atoms with van der Waals surface area (Å²) in [6.07, 6.45) is 0.0233. The van der Waals surface area contributed by atoms with Gasteiger partial charge in [-0.1, -0.05) is 0 Å². The monoisotopic (exact) mass is 341 g/mol. The highest BCUT2D eigenvalue weighted by atomic mass is 35.5. The molecule has 0 amide bonds. The molecule has 1 heterocycles. The zero-order chi connectivity index (χ0) is 15.3. The van der Waals surface area contributed by atoms with E-state index in [0.29, 0.717) is 0 Å². The van der Waals surface area contributed by atoms with Crippen LogP contribution < -0.4 is 4.74 Å². The summed E-state index contributed by atoms with van der Waals surface area (Å²) in [6.45, 7) is -0.0599. The van der Waals surface area contributed by atoms with Crippen LogP contribution in [-0.4, -0.2) is 40.8 Å². The minimum atomic E-state index is -4.06. The van der Waals surface area contributed by atoms with Crippen molar-refractivity contribution in [2.75, 3.05) is 12.4 Å². The van der Waals surface area contributed by atoms with Crippen LogP contribution in [0, 0.1) is 0 Å². The molecule has 7 nitrogen and oxygen atoms in total. The quantitative estimate of drug-likeness (QED) is 0.454. The summed E-state index contributed by atoms with van der Waals surface area (Å²) in [5, 5.41) is -1.79. The van der Waals surface area contributed by atoms with E-state index in [9.17, 15) is 18.0 Å². The Morgan fingerprint density at radius 3 is 2.10 bits per heavy atom. The van der Waals surface area contributed by atoms with Crippen molar-refractivity contribution in [3.05, 3.63) is 23.5 Å². The van der Waals surface area contributed by atoms with Crippen molar-refractivity contribution >= 4 is 43.8 Å². The molecule has 1 rings (SSSR count). The zero-order valence-electron chi connectivity index (χ0n) is 9.88. The molecule has 0 spiro atoms. The van der Waals surface area contributed by atoms with E-state index in [2.05, 4.69) is 4.98 Å². The fourth-order valence-corrected chi connectivity index (χ4v) is 1.90. The van der Waals surface area contributed by atoms with Crippen LogP contribution in [0.4, 0.5) is 0 Å². The van der Waals surface area contributed by atoms with Crippen LogP contribution in [0.3, 0.4) is 0 Å². The van der Waals surface area contributed by atoms with Crippen LogP contribution >= 0.6 is 23.2 Å². The predicted octanol–water partition coefficient (Wildman–Crippen LogP) is 1.50. The third kappa shape index (κ3) is 5.83. The predicted molar refractivity (Wildman–Crippen MR) is 71.1 cm³/mol. The zero-order valence-corrected chi connectivity index (χ0v) is 12.2. The Bertz CT molecular complexity index is 598. The number of nitrogens with zero attached hydrogens (tertiary/aromatic N) is 1. The molecule has 0 aliphatic rings. The Morgan fingerprint density at radius 1 is 1.20 bits per heavy atom. The molecule has 0 aliphatic heterocycles. The third-order valence-electron chi connectivity index (χ3n) is 2.02. The molecule has 0 atom stereocenters. The maximum atomic E-state index is 11.0. The Hall–Kier alpha value is -1.22. The van der Waals surface area contributed by atoms with Crippen molar-refractivity contribution in [2.45, 2.75) is 6.42 Å². The van der Waals surface area contributed by atoms with Gasteiger partial charge in [0.05, 0.1) is 12.4 Å². The van der Waals surface area contributed by atoms with E-state index < -0.39 is 26.4 Å². The van der Waals surface area contributed by atoms with Crippen LogP contribution in [0.2, 0.25) is 0 Å². The number of pyridine rings is 1. The molecule has 0 aromatic carbocycles. The van der Waals surface area contributed by atoms with Crippen molar-refractivity contribution in [2.24, 2.45) is 0 Å². The second-order valence-corrected chi connectivity index (χ2v) is 5.87. The highest BCUT2D eigenvalue weighted by Gasteiger charge is 2.13. The number of aromatic nitrogens is 1. The Kier molecular flexibility index (Phi) is 5.88. The van der Waals surface area contributed by atoms with Gasteiger partial charge in [0.1, 0.15) is 17.1 Å². The lowest BCUT2D eigenvalue weighted by atomic mass is 10.3. The summed E-state index contributed by atoms with van der Waals surface area (Å²) in [5.74, 6) is -0.385. The molecule has 0 fully saturated rings. The fraction of sp³-hybridized carbons (Fsp3) is 0.300. The van der Waals surface area contributed by atoms with E-state index in [1.54, 1.807) is 0 Å². The van der Waals surface area contributed by atoms with Gasteiger partial charge >= 0.3 is 0 Å². The first-order chi connectivity index (χ1) is 9.19. The smallest absolute Gasteiger partial charge is 0.270 e. The maximum absolute atomic E-state index is 11.0. The van der Waals surface area contributed by atoms with Crippen LogP contribution in [0.5, 0.6) is 5.75 Å². The number of rotatable bonds is 7. The van der Waals surface area contributed by atoms with E-state index in [1.807, 2.05) is 0 Å². The number of carbonyl (C=O) groups excluding carboxylic acids is 2. The van der Waals surface area contributed by atoms with Gasteiger partial charge in [-0.05, 0) is 29.6 Å². The Balaban J connectivity index is 2.79. The minimum absolute atomic E-state index is 0.0233. The lowest BCUT2D eigenvalue weighted by molar-refractivity contribution is 0.107. The van der Waals surface area contributed by atoms with Gasteiger partial charge in [-0.2, -0.15) is 8.42 Å². The molecule has 20 heavy (non-hydrogen) atoms. The van der Waals surface area contributed by atoms with Gasteiger partial charge < -0.3 is 4.74 Å². The highest BCUT2D eigenvalue weighted by Crippen LogP contribution is 2.17. The minimum Gasteiger partial charge on any atom is -0.493 e. The van der Waals surface area contributed by atoms with Crippen molar-refractivity contribution < 1.29 is 27.3 Å². The molecular weight excluding hydrogens is 333 g/mol. The van der Waals surface area contributed by atoms with E-state index in [1.165, 1.54) is 12.1 Å². The first-order valence-electron chi connectivity index (χ1n) is 5.19. The topological polar surface area (TPSA) is 111 Å². The molecule has 0 unspecified atom stereocenters. The average molecular weight is 342 g/mol. The largest absolute Gasteiger partial charge is 0.493 e. The molecule has 0 saturated heterocycles. The van der Waals surface area contributed by atoms with E-state index >= 15 is 0 Å². The van der Waals surface area contributed by atoms with Gasteiger partial charge in [0, 0.05) is 12.1 Å². The van der Waals surface area contributed by atoms with Crippen LogP contribution in [-0.2, 0) is 10.1 Å². The normalized spacial score (nSPS) is 11.2. The number of hydrogen-bond donors (Lipinski definition) is 1. The molecular formula is C10H9Cl2NO6S. The van der Waals surface area contributed by atoms with Crippen molar-refractivity contribution in [1.29, 1.82) is 0 Å². The van der Waals surface area contributed by atoms with Crippen molar-refractivity contribution in [1.82, 2.24) is 4.98 Å². The van der Waals surface area contributed by atoms with Crippen LogP contribution in [0.1, 0.15) is 27.4 Å². The van der Waals surface area contributed by atoms with Gasteiger partial charge in [0.2, 0.25) is 0 Å². The van der Waals surface area contributed by atoms with Crippen LogP contribution in [0.25, 0.3) is 0 Å². The molecule has 10 heteroatoms. The second kappa shape index (κ2) is 6.98.